The number of thiazole rings is 1. The fourth-order valence-corrected chi connectivity index (χ4v) is 4.07. The van der Waals surface area contributed by atoms with Crippen LogP contribution in [0.25, 0.3) is 10.7 Å². The molecule has 0 spiro atoms. The Bertz CT molecular complexity index is 907. The highest BCUT2D eigenvalue weighted by Crippen LogP contribution is 2.34. The van der Waals surface area contributed by atoms with E-state index < -0.39 is 11.9 Å². The first kappa shape index (κ1) is 22.3. The maximum absolute atomic E-state index is 13.4. The molecule has 0 amide bonds. The quantitative estimate of drug-likeness (QED) is 0.592. The van der Waals surface area contributed by atoms with Gasteiger partial charge in [0.2, 0.25) is 5.92 Å². The van der Waals surface area contributed by atoms with E-state index in [1.165, 1.54) is 18.3 Å². The Labute approximate surface area is 178 Å². The number of hydrogen-bond acceptors (Lipinski definition) is 7. The van der Waals surface area contributed by atoms with Crippen LogP contribution in [0.1, 0.15) is 62.0 Å². The molecular weight excluding hydrogens is 412 g/mol. The largest absolute Gasteiger partial charge is 0.461 e. The Balaban J connectivity index is 1.83. The average molecular weight is 438 g/mol. The van der Waals surface area contributed by atoms with Crippen LogP contribution >= 0.6 is 11.3 Å². The molecule has 2 aromatic rings. The number of ketones is 1. The molecule has 3 rings (SSSR count). The molecule has 0 unspecified atom stereocenters. The van der Waals surface area contributed by atoms with Crippen LogP contribution < -0.4 is 5.32 Å². The van der Waals surface area contributed by atoms with Gasteiger partial charge in [0.15, 0.2) is 5.69 Å². The molecule has 1 aliphatic rings. The lowest BCUT2D eigenvalue weighted by molar-refractivity contribution is -0.116. The summed E-state index contributed by atoms with van der Waals surface area (Å²) in [7, 11) is 0. The number of ether oxygens (including phenoxy) is 1. The number of halogens is 2. The molecule has 0 aromatic carbocycles. The molecule has 0 saturated heterocycles. The molecule has 1 aliphatic carbocycles. The van der Waals surface area contributed by atoms with Gasteiger partial charge >= 0.3 is 5.97 Å². The average Bonchev–Trinajstić information content (AvgIpc) is 3.19. The monoisotopic (exact) mass is 437 g/mol. The van der Waals surface area contributed by atoms with E-state index >= 15 is 0 Å². The summed E-state index contributed by atoms with van der Waals surface area (Å²) < 4.78 is 31.9. The third-order valence-corrected chi connectivity index (χ3v) is 5.79. The maximum Gasteiger partial charge on any atom is 0.357 e. The predicted molar refractivity (Wildman–Crippen MR) is 111 cm³/mol. The minimum Gasteiger partial charge on any atom is -0.461 e. The molecule has 0 atom stereocenters. The summed E-state index contributed by atoms with van der Waals surface area (Å²) in [4.78, 5) is 32.2. The Morgan fingerprint density at radius 2 is 2.00 bits per heavy atom. The number of alkyl halides is 2. The van der Waals surface area contributed by atoms with Crippen LogP contribution in [0.4, 0.5) is 14.6 Å². The van der Waals surface area contributed by atoms with Gasteiger partial charge in [-0.25, -0.2) is 23.5 Å². The lowest BCUT2D eigenvalue weighted by atomic mass is 9.92. The summed E-state index contributed by atoms with van der Waals surface area (Å²) in [5.74, 6) is -2.44. The first-order valence-corrected chi connectivity index (χ1v) is 10.9. The molecule has 2 heterocycles. The molecule has 9 heteroatoms. The zero-order valence-corrected chi connectivity index (χ0v) is 17.9. The second kappa shape index (κ2) is 9.59. The highest BCUT2D eigenvalue weighted by molar-refractivity contribution is 7.13. The number of anilines is 1. The number of hydrogen-bond donors (Lipinski definition) is 1. The highest BCUT2D eigenvalue weighted by Gasteiger charge is 2.35. The number of Topliss-reactive ketones (excluding diaryl/α,β-unsaturated/α-hetero) is 1. The second-order valence-corrected chi connectivity index (χ2v) is 8.34. The van der Waals surface area contributed by atoms with E-state index in [1.54, 1.807) is 12.3 Å². The van der Waals surface area contributed by atoms with Gasteiger partial charge in [0.1, 0.15) is 22.3 Å². The number of nitrogens with zero attached hydrogens (tertiary/aromatic N) is 2. The molecule has 0 aliphatic heterocycles. The smallest absolute Gasteiger partial charge is 0.357 e. The molecule has 6 nitrogen and oxygen atoms in total. The van der Waals surface area contributed by atoms with E-state index in [1.807, 2.05) is 12.1 Å². The number of pyridine rings is 1. The number of carbonyl (C=O) groups is 2. The number of carbonyl (C=O) groups excluding carboxylic acids is 2. The Kier molecular flexibility index (Phi) is 7.12. The standard InChI is InChI=1S/C21H25F2N3O3S/c1-3-29-20(28)17-12-30-19(26-17)16-10-14(5-4-13(2)27)11-18(25-16)24-15-6-8-21(22,23)9-7-15/h10-12,15H,3-9H2,1-2H3,(H,24,25). The van der Waals surface area contributed by atoms with Crippen molar-refractivity contribution in [2.24, 2.45) is 0 Å². The molecular formula is C21H25F2N3O3S. The van der Waals surface area contributed by atoms with Crippen LogP contribution in [0.3, 0.4) is 0 Å². The molecule has 0 bridgehead atoms. The van der Waals surface area contributed by atoms with Crippen molar-refractivity contribution >= 4 is 28.9 Å². The van der Waals surface area contributed by atoms with Crippen molar-refractivity contribution in [1.29, 1.82) is 0 Å². The van der Waals surface area contributed by atoms with Crippen molar-refractivity contribution in [3.63, 3.8) is 0 Å². The highest BCUT2D eigenvalue weighted by atomic mass is 32.1. The minimum atomic E-state index is -2.59. The van der Waals surface area contributed by atoms with E-state index in [0.29, 0.717) is 42.2 Å². The molecule has 30 heavy (non-hydrogen) atoms. The van der Waals surface area contributed by atoms with Gasteiger partial charge in [0, 0.05) is 30.7 Å². The summed E-state index contributed by atoms with van der Waals surface area (Å²) in [6.45, 7) is 3.53. The molecule has 162 valence electrons. The molecule has 1 N–H and O–H groups in total. The molecule has 1 saturated carbocycles. The minimum absolute atomic E-state index is 0.0798. The lowest BCUT2D eigenvalue weighted by Gasteiger charge is -2.29. The van der Waals surface area contributed by atoms with Crippen molar-refractivity contribution in [1.82, 2.24) is 9.97 Å². The normalized spacial score (nSPS) is 16.3. The third kappa shape index (κ3) is 6.04. The van der Waals surface area contributed by atoms with Gasteiger partial charge in [-0.05, 0) is 50.8 Å². The Morgan fingerprint density at radius 1 is 1.27 bits per heavy atom. The zero-order chi connectivity index (χ0) is 21.7. The van der Waals surface area contributed by atoms with Crippen molar-refractivity contribution < 1.29 is 23.1 Å². The molecule has 2 aromatic heterocycles. The van der Waals surface area contributed by atoms with Crippen LogP contribution in [0.2, 0.25) is 0 Å². The number of aryl methyl sites for hydroxylation is 1. The number of esters is 1. The summed E-state index contributed by atoms with van der Waals surface area (Å²) in [6, 6.07) is 3.61. The van der Waals surface area contributed by atoms with Crippen molar-refractivity contribution in [3.8, 4) is 10.7 Å². The lowest BCUT2D eigenvalue weighted by Crippen LogP contribution is -2.32. The van der Waals surface area contributed by atoms with Gasteiger partial charge < -0.3 is 14.8 Å². The Morgan fingerprint density at radius 3 is 2.67 bits per heavy atom. The van der Waals surface area contributed by atoms with Gasteiger partial charge in [-0.2, -0.15) is 0 Å². The molecule has 0 radical (unpaired) electrons. The van der Waals surface area contributed by atoms with Crippen LogP contribution in [0.15, 0.2) is 17.5 Å². The van der Waals surface area contributed by atoms with E-state index in [2.05, 4.69) is 15.3 Å². The van der Waals surface area contributed by atoms with Crippen LogP contribution in [-0.2, 0) is 16.0 Å². The zero-order valence-electron chi connectivity index (χ0n) is 17.0. The SMILES string of the molecule is CCOC(=O)c1csc(-c2cc(CCC(C)=O)cc(NC3CCC(F)(F)CC3)n2)n1. The fourth-order valence-electron chi connectivity index (χ4n) is 3.32. The van der Waals surface area contributed by atoms with Crippen LogP contribution in [0.5, 0.6) is 0 Å². The summed E-state index contributed by atoms with van der Waals surface area (Å²) in [5, 5.41) is 5.44. The van der Waals surface area contributed by atoms with Crippen LogP contribution in [0, 0.1) is 0 Å². The number of nitrogens with one attached hydrogen (secondary N) is 1. The van der Waals surface area contributed by atoms with E-state index in [9.17, 15) is 18.4 Å². The summed E-state index contributed by atoms with van der Waals surface area (Å²) in [6.07, 6.45) is 1.38. The number of aromatic nitrogens is 2. The van der Waals surface area contributed by atoms with Crippen molar-refractivity contribution in [2.75, 3.05) is 11.9 Å². The predicted octanol–water partition coefficient (Wildman–Crippen LogP) is 4.89. The first-order chi connectivity index (χ1) is 14.3. The maximum atomic E-state index is 13.4. The van der Waals surface area contributed by atoms with E-state index in [4.69, 9.17) is 4.74 Å². The number of rotatable bonds is 8. The third-order valence-electron chi connectivity index (χ3n) is 4.93. The Hall–Kier alpha value is -2.42. The fraction of sp³-hybridized carbons (Fsp3) is 0.524. The second-order valence-electron chi connectivity index (χ2n) is 7.48. The molecule has 1 fully saturated rings. The van der Waals surface area contributed by atoms with Gasteiger partial charge in [-0.3, -0.25) is 0 Å². The van der Waals surface area contributed by atoms with Gasteiger partial charge in [0.05, 0.1) is 6.61 Å². The van der Waals surface area contributed by atoms with Crippen LogP contribution in [-0.4, -0.2) is 40.3 Å². The van der Waals surface area contributed by atoms with Crippen molar-refractivity contribution in [2.45, 2.75) is 64.3 Å². The summed E-state index contributed by atoms with van der Waals surface area (Å²) in [5.41, 5.74) is 1.68. The van der Waals surface area contributed by atoms with Gasteiger partial charge in [0.25, 0.3) is 0 Å². The van der Waals surface area contributed by atoms with E-state index in [-0.39, 0.29) is 37.0 Å². The van der Waals surface area contributed by atoms with Gasteiger partial charge in [-0.1, -0.05) is 0 Å². The topological polar surface area (TPSA) is 81.2 Å². The summed E-state index contributed by atoms with van der Waals surface area (Å²) >= 11 is 1.28. The van der Waals surface area contributed by atoms with Crippen molar-refractivity contribution in [3.05, 3.63) is 28.8 Å². The van der Waals surface area contributed by atoms with E-state index in [0.717, 1.165) is 5.56 Å². The first-order valence-electron chi connectivity index (χ1n) is 10.0. The van der Waals surface area contributed by atoms with Gasteiger partial charge in [-0.15, -0.1) is 11.3 Å².